The Morgan fingerprint density at radius 3 is 2.62 bits per heavy atom. The lowest BCUT2D eigenvalue weighted by atomic mass is 10.0. The van der Waals surface area contributed by atoms with Crippen molar-refractivity contribution in [2.45, 2.75) is 6.54 Å². The molecule has 9 nitrogen and oxygen atoms in total. The maximum atomic E-state index is 13.0. The number of nitrogens with one attached hydrogen (secondary N) is 1. The van der Waals surface area contributed by atoms with Crippen molar-refractivity contribution >= 4 is 28.6 Å². The van der Waals surface area contributed by atoms with Crippen molar-refractivity contribution in [1.29, 1.82) is 5.26 Å². The number of nitriles is 1. The molecule has 1 saturated heterocycles. The maximum Gasteiger partial charge on any atom is 0.242 e. The highest BCUT2D eigenvalue weighted by Crippen LogP contribution is 2.32. The van der Waals surface area contributed by atoms with Crippen LogP contribution in [-0.2, 0) is 11.3 Å². The van der Waals surface area contributed by atoms with Gasteiger partial charge in [0.2, 0.25) is 11.9 Å². The molecular formula is C25H24N8O. The summed E-state index contributed by atoms with van der Waals surface area (Å²) in [6.07, 6.45) is 7.17. The molecule has 0 saturated carbocycles. The van der Waals surface area contributed by atoms with E-state index in [9.17, 15) is 10.1 Å². The van der Waals surface area contributed by atoms with Gasteiger partial charge in [-0.1, -0.05) is 0 Å². The third-order valence-electron chi connectivity index (χ3n) is 6.11. The topological polar surface area (TPSA) is 103 Å². The van der Waals surface area contributed by atoms with Gasteiger partial charge in [0.25, 0.3) is 0 Å². The minimum absolute atomic E-state index is 0.0823. The number of carbonyl (C=O) groups is 1. The van der Waals surface area contributed by atoms with Gasteiger partial charge in [0.05, 0.1) is 11.6 Å². The average Bonchev–Trinajstić information content (AvgIpc) is 3.31. The highest BCUT2D eigenvalue weighted by molar-refractivity contribution is 5.82. The van der Waals surface area contributed by atoms with E-state index >= 15 is 0 Å². The highest BCUT2D eigenvalue weighted by Gasteiger charge is 2.24. The predicted molar refractivity (Wildman–Crippen MR) is 130 cm³/mol. The fourth-order valence-corrected chi connectivity index (χ4v) is 4.30. The van der Waals surface area contributed by atoms with Crippen LogP contribution in [0, 0.1) is 11.3 Å². The Morgan fingerprint density at radius 1 is 1.09 bits per heavy atom. The van der Waals surface area contributed by atoms with Gasteiger partial charge in [-0.15, -0.1) is 0 Å². The highest BCUT2D eigenvalue weighted by atomic mass is 16.2. The third kappa shape index (κ3) is 4.13. The SMILES string of the molecule is CNc1ncc(-c2cc(C#N)ccc2N2CCN(C(=O)Cn3ccc4cccnc43)CC2)cn1. The summed E-state index contributed by atoms with van der Waals surface area (Å²) >= 11 is 0. The second-order valence-corrected chi connectivity index (χ2v) is 8.12. The summed E-state index contributed by atoms with van der Waals surface area (Å²) in [5.74, 6) is 0.624. The monoisotopic (exact) mass is 452 g/mol. The molecule has 0 spiro atoms. The Labute approximate surface area is 197 Å². The Bertz CT molecular complexity index is 1360. The van der Waals surface area contributed by atoms with Crippen LogP contribution in [0.3, 0.4) is 0 Å². The van der Waals surface area contributed by atoms with Gasteiger partial charge in [0.1, 0.15) is 12.2 Å². The minimum atomic E-state index is 0.0823. The van der Waals surface area contributed by atoms with Gasteiger partial charge in [-0.3, -0.25) is 4.79 Å². The van der Waals surface area contributed by atoms with Gasteiger partial charge < -0.3 is 19.7 Å². The number of anilines is 2. The summed E-state index contributed by atoms with van der Waals surface area (Å²) in [6.45, 7) is 2.92. The summed E-state index contributed by atoms with van der Waals surface area (Å²) in [5.41, 5.74) is 4.16. The van der Waals surface area contributed by atoms with Crippen molar-refractivity contribution in [3.8, 4) is 17.2 Å². The second kappa shape index (κ2) is 9.19. The molecule has 0 atom stereocenters. The van der Waals surface area contributed by atoms with Crippen molar-refractivity contribution in [1.82, 2.24) is 24.4 Å². The maximum absolute atomic E-state index is 13.0. The van der Waals surface area contributed by atoms with Crippen LogP contribution in [0.15, 0.2) is 61.2 Å². The van der Waals surface area contributed by atoms with E-state index in [2.05, 4.69) is 31.2 Å². The quantitative estimate of drug-likeness (QED) is 0.497. The largest absolute Gasteiger partial charge is 0.367 e. The lowest BCUT2D eigenvalue weighted by Crippen LogP contribution is -2.49. The van der Waals surface area contributed by atoms with Crippen LogP contribution in [-0.4, -0.2) is 63.6 Å². The molecule has 4 heterocycles. The molecule has 4 aromatic rings. The molecular weight excluding hydrogens is 428 g/mol. The molecule has 3 aromatic heterocycles. The number of fused-ring (bicyclic) bond motifs is 1. The van der Waals surface area contributed by atoms with Crippen LogP contribution in [0.25, 0.3) is 22.2 Å². The summed E-state index contributed by atoms with van der Waals surface area (Å²) in [5, 5.41) is 13.4. The van der Waals surface area contributed by atoms with Gasteiger partial charge in [-0.2, -0.15) is 5.26 Å². The minimum Gasteiger partial charge on any atom is -0.367 e. The Balaban J connectivity index is 1.31. The molecule has 0 radical (unpaired) electrons. The van der Waals surface area contributed by atoms with Crippen LogP contribution in [0.5, 0.6) is 0 Å². The third-order valence-corrected chi connectivity index (χ3v) is 6.11. The normalized spacial score (nSPS) is 13.6. The zero-order valence-corrected chi connectivity index (χ0v) is 18.8. The summed E-state index contributed by atoms with van der Waals surface area (Å²) in [4.78, 5) is 30.2. The summed E-state index contributed by atoms with van der Waals surface area (Å²) in [7, 11) is 1.77. The van der Waals surface area contributed by atoms with E-state index in [0.29, 0.717) is 37.7 Å². The summed E-state index contributed by atoms with van der Waals surface area (Å²) in [6, 6.07) is 13.7. The van der Waals surface area contributed by atoms with Gasteiger partial charge in [0.15, 0.2) is 0 Å². The molecule has 1 aliphatic rings. The van der Waals surface area contributed by atoms with E-state index in [-0.39, 0.29) is 12.5 Å². The molecule has 0 unspecified atom stereocenters. The molecule has 34 heavy (non-hydrogen) atoms. The van der Waals surface area contributed by atoms with E-state index in [1.807, 2.05) is 52.1 Å². The number of pyridine rings is 1. The molecule has 1 aromatic carbocycles. The summed E-state index contributed by atoms with van der Waals surface area (Å²) < 4.78 is 1.90. The van der Waals surface area contributed by atoms with E-state index < -0.39 is 0 Å². The van der Waals surface area contributed by atoms with Crippen LogP contribution in [0.4, 0.5) is 11.6 Å². The Hall–Kier alpha value is -4.45. The van der Waals surface area contributed by atoms with Gasteiger partial charge in [-0.25, -0.2) is 15.0 Å². The molecule has 170 valence electrons. The number of piperazine rings is 1. The fraction of sp³-hybridized carbons (Fsp3) is 0.240. The molecule has 1 N–H and O–H groups in total. The lowest BCUT2D eigenvalue weighted by molar-refractivity contribution is -0.132. The van der Waals surface area contributed by atoms with Crippen molar-refractivity contribution in [2.24, 2.45) is 0 Å². The Kier molecular flexibility index (Phi) is 5.79. The number of hydrogen-bond acceptors (Lipinski definition) is 7. The van der Waals surface area contributed by atoms with Crippen molar-refractivity contribution in [2.75, 3.05) is 43.4 Å². The molecule has 1 aliphatic heterocycles. The van der Waals surface area contributed by atoms with Crippen LogP contribution in [0.2, 0.25) is 0 Å². The standard InChI is InChI=1S/C25H24N8O/c1-27-25-29-15-20(16-30-25)21-13-18(14-26)4-5-22(21)31-9-11-32(12-10-31)23(34)17-33-8-6-19-3-2-7-28-24(19)33/h2-8,13,15-16H,9-12,17H2,1H3,(H,27,29,30). The number of nitrogens with zero attached hydrogens (tertiary/aromatic N) is 7. The number of aromatic nitrogens is 4. The first kappa shape index (κ1) is 21.4. The molecule has 0 aliphatic carbocycles. The van der Waals surface area contributed by atoms with Crippen molar-refractivity contribution in [3.63, 3.8) is 0 Å². The van der Waals surface area contributed by atoms with Crippen LogP contribution in [0.1, 0.15) is 5.56 Å². The second-order valence-electron chi connectivity index (χ2n) is 8.12. The number of amides is 1. The first-order valence-electron chi connectivity index (χ1n) is 11.1. The van der Waals surface area contributed by atoms with E-state index in [4.69, 9.17) is 0 Å². The van der Waals surface area contributed by atoms with E-state index in [1.165, 1.54) is 0 Å². The van der Waals surface area contributed by atoms with Crippen LogP contribution >= 0.6 is 0 Å². The number of benzene rings is 1. The number of carbonyl (C=O) groups excluding carboxylic acids is 1. The molecule has 5 rings (SSSR count). The first-order chi connectivity index (χ1) is 16.7. The zero-order chi connectivity index (χ0) is 23.5. The van der Waals surface area contributed by atoms with Crippen LogP contribution < -0.4 is 10.2 Å². The van der Waals surface area contributed by atoms with Gasteiger partial charge in [0, 0.05) is 80.2 Å². The Morgan fingerprint density at radius 2 is 1.88 bits per heavy atom. The predicted octanol–water partition coefficient (Wildman–Crippen LogP) is 2.76. The van der Waals surface area contributed by atoms with E-state index in [1.54, 1.807) is 25.6 Å². The molecule has 9 heteroatoms. The van der Waals surface area contributed by atoms with E-state index in [0.717, 1.165) is 27.8 Å². The number of hydrogen-bond donors (Lipinski definition) is 1. The average molecular weight is 453 g/mol. The first-order valence-corrected chi connectivity index (χ1v) is 11.1. The van der Waals surface area contributed by atoms with Crippen molar-refractivity contribution < 1.29 is 4.79 Å². The molecule has 1 fully saturated rings. The molecule has 0 bridgehead atoms. The van der Waals surface area contributed by atoms with Crippen molar-refractivity contribution in [3.05, 3.63) is 66.7 Å². The van der Waals surface area contributed by atoms with Gasteiger partial charge in [-0.05, 0) is 36.4 Å². The zero-order valence-electron chi connectivity index (χ0n) is 18.8. The van der Waals surface area contributed by atoms with Gasteiger partial charge >= 0.3 is 0 Å². The molecule has 1 amide bonds. The lowest BCUT2D eigenvalue weighted by Gasteiger charge is -2.37. The number of rotatable bonds is 5. The fourth-order valence-electron chi connectivity index (χ4n) is 4.30. The smallest absolute Gasteiger partial charge is 0.242 e.